The minimum Gasteiger partial charge on any atom is -0.301 e. The molecule has 0 bridgehead atoms. The van der Waals surface area contributed by atoms with Gasteiger partial charge >= 0.3 is 0 Å². The smallest absolute Gasteiger partial charge is 0.236 e. The highest BCUT2D eigenvalue weighted by molar-refractivity contribution is 8.00. The summed E-state index contributed by atoms with van der Waals surface area (Å²) in [6.07, 6.45) is 1.76. The van der Waals surface area contributed by atoms with Gasteiger partial charge in [-0.3, -0.25) is 4.79 Å². The van der Waals surface area contributed by atoms with Crippen LogP contribution in [-0.4, -0.2) is 16.6 Å². The molecule has 0 saturated carbocycles. The van der Waals surface area contributed by atoms with Gasteiger partial charge in [-0.1, -0.05) is 6.07 Å². The molecule has 19 heavy (non-hydrogen) atoms. The molecule has 0 aliphatic heterocycles. The Morgan fingerprint density at radius 2 is 2.11 bits per heavy atom. The number of nitrogens with one attached hydrogen (secondary N) is 1. The molecule has 0 spiro atoms. The molecule has 1 heterocycles. The third-order valence-electron chi connectivity index (χ3n) is 2.72. The summed E-state index contributed by atoms with van der Waals surface area (Å²) < 4.78 is 0. The quantitative estimate of drug-likeness (QED) is 0.872. The van der Waals surface area contributed by atoms with Crippen molar-refractivity contribution < 1.29 is 4.79 Å². The molecule has 1 aromatic heterocycles. The molecule has 2 rings (SSSR count). The number of hydrogen-bond acceptors (Lipinski definition) is 4. The Bertz CT molecular complexity index is 593. The van der Waals surface area contributed by atoms with Crippen LogP contribution >= 0.6 is 23.1 Å². The summed E-state index contributed by atoms with van der Waals surface area (Å²) in [6.45, 7) is 6.14. The first-order valence-corrected chi connectivity index (χ1v) is 7.77. The van der Waals surface area contributed by atoms with Crippen LogP contribution in [-0.2, 0) is 4.79 Å². The molecule has 0 aliphatic carbocycles. The van der Waals surface area contributed by atoms with Crippen molar-refractivity contribution in [2.45, 2.75) is 25.7 Å². The number of amides is 1. The molecule has 0 saturated heterocycles. The molecule has 0 fully saturated rings. The Kier molecular flexibility index (Phi) is 4.61. The summed E-state index contributed by atoms with van der Waals surface area (Å²) in [6, 6.07) is 6.24. The van der Waals surface area contributed by atoms with E-state index < -0.39 is 0 Å². The number of carbonyl (C=O) groups excluding carboxylic acids is 1. The van der Waals surface area contributed by atoms with E-state index in [2.05, 4.69) is 36.3 Å². The van der Waals surface area contributed by atoms with Crippen LogP contribution in [0, 0.1) is 20.8 Å². The Morgan fingerprint density at radius 3 is 2.74 bits per heavy atom. The van der Waals surface area contributed by atoms with Crippen molar-refractivity contribution in [1.29, 1.82) is 0 Å². The van der Waals surface area contributed by atoms with Gasteiger partial charge in [0, 0.05) is 16.0 Å². The van der Waals surface area contributed by atoms with E-state index in [1.165, 1.54) is 22.5 Å². The first kappa shape index (κ1) is 14.1. The zero-order valence-corrected chi connectivity index (χ0v) is 12.8. The van der Waals surface area contributed by atoms with Crippen molar-refractivity contribution in [2.24, 2.45) is 0 Å². The molecule has 0 unspecified atom stereocenters. The number of nitrogens with zero attached hydrogens (tertiary/aromatic N) is 1. The van der Waals surface area contributed by atoms with E-state index in [1.807, 2.05) is 13.0 Å². The zero-order chi connectivity index (χ0) is 13.8. The number of thiazole rings is 1. The van der Waals surface area contributed by atoms with Crippen molar-refractivity contribution in [3.63, 3.8) is 0 Å². The van der Waals surface area contributed by atoms with Gasteiger partial charge in [0.15, 0.2) is 5.13 Å². The highest BCUT2D eigenvalue weighted by atomic mass is 32.2. The monoisotopic (exact) mass is 292 g/mol. The fourth-order valence-electron chi connectivity index (χ4n) is 1.52. The largest absolute Gasteiger partial charge is 0.301 e. The maximum atomic E-state index is 11.8. The van der Waals surface area contributed by atoms with Crippen molar-refractivity contribution >= 4 is 34.1 Å². The number of hydrogen-bond donors (Lipinski definition) is 1. The number of aryl methyl sites for hydroxylation is 3. The molecule has 5 heteroatoms. The first-order valence-electron chi connectivity index (χ1n) is 5.97. The van der Waals surface area contributed by atoms with Crippen molar-refractivity contribution in [2.75, 3.05) is 11.1 Å². The highest BCUT2D eigenvalue weighted by Crippen LogP contribution is 2.22. The second-order valence-corrected chi connectivity index (χ2v) is 6.64. The number of benzene rings is 1. The summed E-state index contributed by atoms with van der Waals surface area (Å²) in [5.74, 6) is 0.388. The third-order valence-corrected chi connectivity index (χ3v) is 4.54. The molecule has 3 nitrogen and oxygen atoms in total. The van der Waals surface area contributed by atoms with Gasteiger partial charge in [-0.25, -0.2) is 4.98 Å². The molecular formula is C14H16N2OS2. The minimum atomic E-state index is -0.0161. The topological polar surface area (TPSA) is 42.0 Å². The number of thioether (sulfide) groups is 1. The van der Waals surface area contributed by atoms with Crippen LogP contribution in [0.1, 0.15) is 16.0 Å². The van der Waals surface area contributed by atoms with Gasteiger partial charge in [0.2, 0.25) is 5.91 Å². The van der Waals surface area contributed by atoms with Gasteiger partial charge < -0.3 is 5.32 Å². The Hall–Kier alpha value is -1.33. The zero-order valence-electron chi connectivity index (χ0n) is 11.2. The lowest BCUT2D eigenvalue weighted by Gasteiger charge is -2.05. The maximum absolute atomic E-state index is 11.8. The summed E-state index contributed by atoms with van der Waals surface area (Å²) in [4.78, 5) is 18.1. The Morgan fingerprint density at radius 1 is 1.32 bits per heavy atom. The van der Waals surface area contributed by atoms with Crippen LogP contribution in [0.15, 0.2) is 29.3 Å². The fraction of sp³-hybridized carbons (Fsp3) is 0.286. The molecule has 1 aromatic carbocycles. The molecule has 2 aromatic rings. The number of carbonyl (C=O) groups is 1. The maximum Gasteiger partial charge on any atom is 0.236 e. The number of rotatable bonds is 4. The van der Waals surface area contributed by atoms with Crippen molar-refractivity contribution in [1.82, 2.24) is 4.98 Å². The van der Waals surface area contributed by atoms with Crippen LogP contribution in [0.2, 0.25) is 0 Å². The van der Waals surface area contributed by atoms with Crippen LogP contribution in [0.5, 0.6) is 0 Å². The average Bonchev–Trinajstić information content (AvgIpc) is 2.76. The Labute approximate surface area is 121 Å². The molecule has 0 radical (unpaired) electrons. The van der Waals surface area contributed by atoms with Crippen molar-refractivity contribution in [3.8, 4) is 0 Å². The van der Waals surface area contributed by atoms with Crippen LogP contribution < -0.4 is 5.32 Å². The van der Waals surface area contributed by atoms with E-state index in [0.717, 1.165) is 9.77 Å². The summed E-state index contributed by atoms with van der Waals surface area (Å²) in [5.41, 5.74) is 2.52. The summed E-state index contributed by atoms with van der Waals surface area (Å²) in [5, 5.41) is 3.48. The number of aromatic nitrogens is 1. The average molecular weight is 292 g/mol. The summed E-state index contributed by atoms with van der Waals surface area (Å²) >= 11 is 3.03. The van der Waals surface area contributed by atoms with Gasteiger partial charge in [-0.2, -0.15) is 0 Å². The SMILES string of the molecule is Cc1cnc(NC(=O)CSc2ccc(C)c(C)c2)s1. The van der Waals surface area contributed by atoms with Gasteiger partial charge in [0.05, 0.1) is 5.75 Å². The van der Waals surface area contributed by atoms with E-state index in [4.69, 9.17) is 0 Å². The standard InChI is InChI=1S/C14H16N2OS2/c1-9-4-5-12(6-10(9)2)18-8-13(17)16-14-15-7-11(3)19-14/h4-7H,8H2,1-3H3,(H,15,16,17). The van der Waals surface area contributed by atoms with Crippen LogP contribution in [0.4, 0.5) is 5.13 Å². The molecule has 1 N–H and O–H groups in total. The lowest BCUT2D eigenvalue weighted by molar-refractivity contribution is -0.113. The number of anilines is 1. The molecule has 100 valence electrons. The third kappa shape index (κ3) is 4.08. The van der Waals surface area contributed by atoms with Crippen LogP contribution in [0.3, 0.4) is 0 Å². The lowest BCUT2D eigenvalue weighted by atomic mass is 10.1. The predicted octanol–water partition coefficient (Wildman–Crippen LogP) is 3.80. The van der Waals surface area contributed by atoms with Gasteiger partial charge in [-0.05, 0) is 44.0 Å². The van der Waals surface area contributed by atoms with E-state index in [1.54, 1.807) is 18.0 Å². The second-order valence-electron chi connectivity index (χ2n) is 4.36. The van der Waals surface area contributed by atoms with Crippen LogP contribution in [0.25, 0.3) is 0 Å². The normalized spacial score (nSPS) is 10.5. The van der Waals surface area contributed by atoms with Gasteiger partial charge in [0.1, 0.15) is 0 Å². The van der Waals surface area contributed by atoms with E-state index in [-0.39, 0.29) is 5.91 Å². The van der Waals surface area contributed by atoms with Crippen molar-refractivity contribution in [3.05, 3.63) is 40.4 Å². The van der Waals surface area contributed by atoms with E-state index in [9.17, 15) is 4.79 Å². The lowest BCUT2D eigenvalue weighted by Crippen LogP contribution is -2.13. The molecular weight excluding hydrogens is 276 g/mol. The summed E-state index contributed by atoms with van der Waals surface area (Å²) in [7, 11) is 0. The fourth-order valence-corrected chi connectivity index (χ4v) is 3.00. The second kappa shape index (κ2) is 6.21. The molecule has 1 amide bonds. The van der Waals surface area contributed by atoms with Gasteiger partial charge in [0.25, 0.3) is 0 Å². The first-order chi connectivity index (χ1) is 9.04. The molecule has 0 aliphatic rings. The minimum absolute atomic E-state index is 0.0161. The molecule has 0 atom stereocenters. The predicted molar refractivity (Wildman–Crippen MR) is 82.1 cm³/mol. The van der Waals surface area contributed by atoms with E-state index >= 15 is 0 Å². The highest BCUT2D eigenvalue weighted by Gasteiger charge is 2.06. The Balaban J connectivity index is 1.88. The van der Waals surface area contributed by atoms with E-state index in [0.29, 0.717) is 10.9 Å². The van der Waals surface area contributed by atoms with Gasteiger partial charge in [-0.15, -0.1) is 23.1 Å².